The molecule has 0 aromatic heterocycles. The monoisotopic (exact) mass is 549 g/mol. The number of carboxylic acids is 1. The summed E-state index contributed by atoms with van der Waals surface area (Å²) in [5.41, 5.74) is 1.85. The number of benzene rings is 2. The van der Waals surface area contributed by atoms with Crippen molar-refractivity contribution in [2.45, 2.75) is 66.9 Å². The second-order valence-electron chi connectivity index (χ2n) is 12.5. The van der Waals surface area contributed by atoms with Crippen molar-refractivity contribution in [2.24, 2.45) is 10.8 Å². The van der Waals surface area contributed by atoms with Crippen LogP contribution in [0.4, 0.5) is 0 Å². The highest BCUT2D eigenvalue weighted by atomic mass is 16.5. The predicted molar refractivity (Wildman–Crippen MR) is 156 cm³/mol. The van der Waals surface area contributed by atoms with E-state index in [9.17, 15) is 14.7 Å². The van der Waals surface area contributed by atoms with Crippen LogP contribution in [0.15, 0.2) is 42.5 Å². The highest BCUT2D eigenvalue weighted by Crippen LogP contribution is 2.45. The van der Waals surface area contributed by atoms with E-state index >= 15 is 0 Å². The number of esters is 1. The Morgan fingerprint density at radius 2 is 1.70 bits per heavy atom. The Balaban J connectivity index is 1.82. The molecule has 0 spiro atoms. The molecule has 1 saturated heterocycles. The third-order valence-corrected chi connectivity index (χ3v) is 7.74. The van der Waals surface area contributed by atoms with E-state index in [1.165, 1.54) is 19.3 Å². The smallest absolute Gasteiger partial charge is 0.313 e. The molecule has 1 atom stereocenters. The molecular weight excluding hydrogens is 506 g/mol. The zero-order valence-electron chi connectivity index (χ0n) is 24.7. The first-order chi connectivity index (χ1) is 18.9. The quantitative estimate of drug-likeness (QED) is 0.357. The van der Waals surface area contributed by atoms with Gasteiger partial charge in [0, 0.05) is 17.7 Å². The lowest BCUT2D eigenvalue weighted by atomic mass is 9.79. The normalized spacial score (nSPS) is 17.1. The van der Waals surface area contributed by atoms with Crippen molar-refractivity contribution in [3.05, 3.63) is 64.7 Å². The van der Waals surface area contributed by atoms with Gasteiger partial charge in [-0.1, -0.05) is 42.3 Å². The van der Waals surface area contributed by atoms with Gasteiger partial charge in [-0.05, 0) is 85.2 Å². The summed E-state index contributed by atoms with van der Waals surface area (Å²) < 4.78 is 18.8. The van der Waals surface area contributed by atoms with Crippen molar-refractivity contribution in [1.29, 1.82) is 0 Å². The minimum absolute atomic E-state index is 0.250. The number of carbonyl (C=O) groups is 2. The summed E-state index contributed by atoms with van der Waals surface area (Å²) in [4.78, 5) is 28.0. The highest BCUT2D eigenvalue weighted by molar-refractivity contribution is 5.93. The van der Waals surface area contributed by atoms with Crippen LogP contribution < -0.4 is 4.74 Å². The molecule has 2 aromatic carbocycles. The summed E-state index contributed by atoms with van der Waals surface area (Å²) in [6.45, 7) is 14.2. The Kier molecular flexibility index (Phi) is 8.93. The molecule has 2 aliphatic heterocycles. The van der Waals surface area contributed by atoms with E-state index in [1.807, 2.05) is 49.4 Å². The molecule has 216 valence electrons. The number of likely N-dealkylation sites (tertiary alicyclic amines) is 1. The Hall–Kier alpha value is -3.32. The van der Waals surface area contributed by atoms with E-state index in [1.54, 1.807) is 34.6 Å². The van der Waals surface area contributed by atoms with Crippen LogP contribution in [-0.4, -0.2) is 54.8 Å². The molecule has 1 fully saturated rings. The molecule has 0 aliphatic carbocycles. The molecule has 1 N–H and O–H groups in total. The fourth-order valence-electron chi connectivity index (χ4n) is 5.14. The van der Waals surface area contributed by atoms with Gasteiger partial charge in [0.1, 0.15) is 36.2 Å². The maximum absolute atomic E-state index is 13.1. The Labute approximate surface area is 238 Å². The summed E-state index contributed by atoms with van der Waals surface area (Å²) >= 11 is 0. The topological polar surface area (TPSA) is 85.3 Å². The summed E-state index contributed by atoms with van der Waals surface area (Å²) in [6, 6.07) is 13.6. The lowest BCUT2D eigenvalue weighted by Crippen LogP contribution is -2.37. The van der Waals surface area contributed by atoms with Crippen molar-refractivity contribution in [2.75, 3.05) is 32.8 Å². The van der Waals surface area contributed by atoms with Crippen molar-refractivity contribution in [3.63, 3.8) is 0 Å². The largest absolute Gasteiger partial charge is 0.491 e. The number of aliphatic carboxylic acids is 1. The van der Waals surface area contributed by atoms with Gasteiger partial charge in [0.15, 0.2) is 0 Å². The molecule has 2 heterocycles. The second-order valence-corrected chi connectivity index (χ2v) is 12.5. The number of carboxylic acid groups (broad SMARTS) is 1. The lowest BCUT2D eigenvalue weighted by molar-refractivity contribution is -0.173. The molecule has 7 nitrogen and oxygen atoms in total. The Morgan fingerprint density at radius 1 is 1.00 bits per heavy atom. The van der Waals surface area contributed by atoms with E-state index < -0.39 is 28.9 Å². The number of hydrogen-bond donors (Lipinski definition) is 1. The number of para-hydroxylation sites is 1. The van der Waals surface area contributed by atoms with E-state index in [0.29, 0.717) is 12.2 Å². The maximum atomic E-state index is 13.1. The van der Waals surface area contributed by atoms with Gasteiger partial charge in [-0.15, -0.1) is 0 Å². The van der Waals surface area contributed by atoms with Crippen LogP contribution in [0.5, 0.6) is 5.75 Å². The summed E-state index contributed by atoms with van der Waals surface area (Å²) in [6.07, 6.45) is 2.67. The minimum atomic E-state index is -1.39. The number of rotatable bonds is 9. The van der Waals surface area contributed by atoms with E-state index in [2.05, 4.69) is 4.90 Å². The van der Waals surface area contributed by atoms with Gasteiger partial charge in [-0.3, -0.25) is 14.5 Å². The molecule has 0 bridgehead atoms. The van der Waals surface area contributed by atoms with Gasteiger partial charge in [-0.25, -0.2) is 0 Å². The first-order valence-corrected chi connectivity index (χ1v) is 14.3. The zero-order chi connectivity index (χ0) is 29.1. The second kappa shape index (κ2) is 12.0. The molecule has 40 heavy (non-hydrogen) atoms. The van der Waals surface area contributed by atoms with Crippen LogP contribution >= 0.6 is 0 Å². The Morgan fingerprint density at radius 3 is 2.38 bits per heavy atom. The summed E-state index contributed by atoms with van der Waals surface area (Å²) in [7, 11) is 0. The number of ether oxygens (including phenoxy) is 3. The average molecular weight is 550 g/mol. The Bertz CT molecular complexity index is 1270. The van der Waals surface area contributed by atoms with E-state index in [4.69, 9.17) is 14.2 Å². The number of carbonyl (C=O) groups excluding carboxylic acids is 1. The van der Waals surface area contributed by atoms with Crippen LogP contribution in [0.2, 0.25) is 0 Å². The molecule has 1 unspecified atom stereocenters. The summed E-state index contributed by atoms with van der Waals surface area (Å²) in [5, 5.41) is 10.2. The summed E-state index contributed by atoms with van der Waals surface area (Å²) in [5.74, 6) is -0.0479. The fraction of sp³-hybridized carbons (Fsp3) is 0.515. The molecule has 0 saturated carbocycles. The lowest BCUT2D eigenvalue weighted by Gasteiger charge is -2.35. The van der Waals surface area contributed by atoms with Crippen molar-refractivity contribution < 1.29 is 28.9 Å². The van der Waals surface area contributed by atoms with Crippen LogP contribution in [0.25, 0.3) is 11.3 Å². The third-order valence-electron chi connectivity index (χ3n) is 7.74. The molecule has 4 rings (SSSR count). The number of nitrogens with zero attached hydrogens (tertiary/aromatic N) is 1. The first kappa shape index (κ1) is 29.7. The van der Waals surface area contributed by atoms with Crippen LogP contribution in [0.3, 0.4) is 0 Å². The van der Waals surface area contributed by atoms with E-state index in [-0.39, 0.29) is 6.61 Å². The highest BCUT2D eigenvalue weighted by Gasteiger charge is 2.44. The molecule has 7 heteroatoms. The first-order valence-electron chi connectivity index (χ1n) is 14.3. The van der Waals surface area contributed by atoms with Crippen molar-refractivity contribution in [1.82, 2.24) is 4.90 Å². The van der Waals surface area contributed by atoms with Crippen LogP contribution in [-0.2, 0) is 19.1 Å². The van der Waals surface area contributed by atoms with Gasteiger partial charge in [0.05, 0.1) is 11.0 Å². The zero-order valence-corrected chi connectivity index (χ0v) is 24.7. The van der Waals surface area contributed by atoms with Crippen LogP contribution in [0.1, 0.15) is 82.2 Å². The molecule has 2 aliphatic rings. The number of hydrogen-bond acceptors (Lipinski definition) is 6. The number of piperidine rings is 1. The molecule has 0 amide bonds. The van der Waals surface area contributed by atoms with Crippen molar-refractivity contribution >= 4 is 23.3 Å². The average Bonchev–Trinajstić information content (AvgIpc) is 2.91. The SMILES string of the molecule is Cc1ccc(C(OC(=O)C(C)(C)C)C(C)(C)C(=O)O)c(C2=C(OCCN3CCCCC3)c3ccccc3OC2)c1. The van der Waals surface area contributed by atoms with Gasteiger partial charge in [0.2, 0.25) is 0 Å². The minimum Gasteiger partial charge on any atom is -0.491 e. The van der Waals surface area contributed by atoms with Gasteiger partial charge < -0.3 is 19.3 Å². The van der Waals surface area contributed by atoms with Gasteiger partial charge >= 0.3 is 11.9 Å². The third kappa shape index (κ3) is 6.52. The molecular formula is C33H43NO6. The van der Waals surface area contributed by atoms with E-state index in [0.717, 1.165) is 53.4 Å². The van der Waals surface area contributed by atoms with Crippen LogP contribution in [0, 0.1) is 17.8 Å². The predicted octanol–water partition coefficient (Wildman–Crippen LogP) is 6.50. The standard InChI is InChI=1S/C33H43NO6/c1-22-14-15-23(29(33(5,6)30(35)36)40-31(37)32(2,3)4)25(20-22)26-21-39-27-13-9-8-12-24(27)28(26)38-19-18-34-16-10-7-11-17-34/h8-9,12-15,20,29H,7,10-11,16-19,21H2,1-6H3,(H,35,36). The van der Waals surface area contributed by atoms with Crippen molar-refractivity contribution in [3.8, 4) is 5.75 Å². The molecule has 0 radical (unpaired) electrons. The fourth-order valence-corrected chi connectivity index (χ4v) is 5.14. The number of aryl methyl sites for hydroxylation is 1. The molecule has 2 aromatic rings. The van der Waals surface area contributed by atoms with Gasteiger partial charge in [0.25, 0.3) is 0 Å². The maximum Gasteiger partial charge on any atom is 0.313 e. The number of fused-ring (bicyclic) bond motifs is 1. The van der Waals surface area contributed by atoms with Gasteiger partial charge in [-0.2, -0.15) is 0 Å².